The number of aromatic nitrogens is 2. The Kier molecular flexibility index (Phi) is 4.09. The van der Waals surface area contributed by atoms with Crippen molar-refractivity contribution < 1.29 is 13.6 Å². The Hall–Kier alpha value is -3.26. The van der Waals surface area contributed by atoms with Crippen molar-refractivity contribution in [3.63, 3.8) is 0 Å². The van der Waals surface area contributed by atoms with E-state index in [1.807, 2.05) is 4.90 Å². The smallest absolute Gasteiger partial charge is 0.256 e. The third-order valence-corrected chi connectivity index (χ3v) is 5.56. The first-order valence-electron chi connectivity index (χ1n) is 9.51. The van der Waals surface area contributed by atoms with Crippen molar-refractivity contribution in [1.82, 2.24) is 19.8 Å². The van der Waals surface area contributed by atoms with Gasteiger partial charge in [0.2, 0.25) is 11.8 Å². The molecular formula is C21H19FN4O3. The van der Waals surface area contributed by atoms with E-state index in [0.29, 0.717) is 58.2 Å². The van der Waals surface area contributed by atoms with Gasteiger partial charge in [0.05, 0.1) is 11.9 Å². The quantitative estimate of drug-likeness (QED) is 0.529. The van der Waals surface area contributed by atoms with Gasteiger partial charge in [-0.25, -0.2) is 9.37 Å². The zero-order valence-corrected chi connectivity index (χ0v) is 15.9. The highest BCUT2D eigenvalue weighted by Gasteiger charge is 2.22. The molecule has 0 saturated carbocycles. The fourth-order valence-corrected chi connectivity index (χ4v) is 4.07. The van der Waals surface area contributed by atoms with Gasteiger partial charge in [-0.2, -0.15) is 0 Å². The number of hydrogen-bond donors (Lipinski definition) is 1. The highest BCUT2D eigenvalue weighted by Crippen LogP contribution is 2.34. The van der Waals surface area contributed by atoms with Crippen LogP contribution < -0.4 is 5.56 Å². The van der Waals surface area contributed by atoms with Crippen LogP contribution in [0.4, 0.5) is 4.39 Å². The van der Waals surface area contributed by atoms with E-state index >= 15 is 0 Å². The molecule has 1 aliphatic heterocycles. The molecule has 2 aromatic carbocycles. The van der Waals surface area contributed by atoms with E-state index < -0.39 is 5.82 Å². The monoisotopic (exact) mass is 394 g/mol. The lowest BCUT2D eigenvalue weighted by molar-refractivity contribution is -0.130. The fourth-order valence-electron chi connectivity index (χ4n) is 4.07. The number of H-pyrrole nitrogens is 1. The number of carbonyl (C=O) groups excluding carboxylic acids is 1. The molecule has 0 unspecified atom stereocenters. The molecular weight excluding hydrogens is 375 g/mol. The zero-order valence-electron chi connectivity index (χ0n) is 15.9. The molecule has 0 spiro atoms. The first-order chi connectivity index (χ1) is 14.0. The van der Waals surface area contributed by atoms with Crippen LogP contribution in [-0.4, -0.2) is 51.9 Å². The predicted octanol–water partition coefficient (Wildman–Crippen LogP) is 2.63. The summed E-state index contributed by atoms with van der Waals surface area (Å²) in [5, 5.41) is 2.21. The molecule has 1 saturated heterocycles. The molecule has 1 amide bonds. The summed E-state index contributed by atoms with van der Waals surface area (Å²) in [4.78, 5) is 35.3. The number of benzene rings is 2. The molecule has 1 fully saturated rings. The number of hydrogen-bond acceptors (Lipinski definition) is 5. The van der Waals surface area contributed by atoms with Crippen molar-refractivity contribution in [2.75, 3.05) is 26.2 Å². The van der Waals surface area contributed by atoms with Crippen molar-refractivity contribution >= 4 is 38.6 Å². The van der Waals surface area contributed by atoms with Crippen LogP contribution in [0.3, 0.4) is 0 Å². The number of aromatic amines is 1. The van der Waals surface area contributed by atoms with Crippen molar-refractivity contribution in [1.29, 1.82) is 0 Å². The second-order valence-corrected chi connectivity index (χ2v) is 7.35. The van der Waals surface area contributed by atoms with E-state index in [0.717, 1.165) is 13.1 Å². The van der Waals surface area contributed by atoms with Crippen LogP contribution in [0.15, 0.2) is 39.7 Å². The maximum absolute atomic E-state index is 13.9. The molecule has 7 nitrogen and oxygen atoms in total. The minimum absolute atomic E-state index is 0.0851. The van der Waals surface area contributed by atoms with E-state index in [2.05, 4.69) is 14.9 Å². The Morgan fingerprint density at radius 3 is 2.72 bits per heavy atom. The first kappa shape index (κ1) is 17.8. The normalized spacial score (nSPS) is 15.6. The van der Waals surface area contributed by atoms with E-state index in [1.165, 1.54) is 12.1 Å². The summed E-state index contributed by atoms with van der Waals surface area (Å²) in [5.41, 5.74) is 0.858. The molecule has 148 valence electrons. The maximum Gasteiger partial charge on any atom is 0.256 e. The molecule has 0 bridgehead atoms. The van der Waals surface area contributed by atoms with Crippen LogP contribution >= 0.6 is 0 Å². The van der Waals surface area contributed by atoms with Gasteiger partial charge in [0.15, 0.2) is 5.58 Å². The van der Waals surface area contributed by atoms with Crippen LogP contribution in [0.2, 0.25) is 0 Å². The van der Waals surface area contributed by atoms with Gasteiger partial charge < -0.3 is 14.3 Å². The minimum atomic E-state index is -0.409. The molecule has 8 heteroatoms. The number of rotatable bonds is 2. The van der Waals surface area contributed by atoms with E-state index in [4.69, 9.17) is 4.42 Å². The number of amides is 1. The topological polar surface area (TPSA) is 82.4 Å². The molecule has 29 heavy (non-hydrogen) atoms. The minimum Gasteiger partial charge on any atom is -0.439 e. The molecule has 1 N–H and O–H groups in total. The molecule has 2 aromatic heterocycles. The van der Waals surface area contributed by atoms with Gasteiger partial charge in [0, 0.05) is 55.5 Å². The molecule has 5 rings (SSSR count). The first-order valence-corrected chi connectivity index (χ1v) is 9.51. The number of carbonyl (C=O) groups is 1. The molecule has 0 atom stereocenters. The molecule has 0 radical (unpaired) electrons. The standard InChI is InChI=1S/C21H19FN4O3/c1-12(27)26-8-6-25(7-9-26)11-17-24-19-14-3-2-13(22)10-16(14)18-15(20(19)29-17)4-5-23-21(18)28/h2-5,10H,6-9,11H2,1H3,(H,23,28). The zero-order chi connectivity index (χ0) is 20.1. The van der Waals surface area contributed by atoms with Crippen molar-refractivity contribution in [3.05, 3.63) is 52.5 Å². The van der Waals surface area contributed by atoms with Gasteiger partial charge in [-0.3, -0.25) is 14.5 Å². The number of halogens is 1. The summed E-state index contributed by atoms with van der Waals surface area (Å²) in [6, 6.07) is 6.11. The van der Waals surface area contributed by atoms with Crippen molar-refractivity contribution in [2.45, 2.75) is 13.5 Å². The van der Waals surface area contributed by atoms with Crippen LogP contribution in [0.25, 0.3) is 32.6 Å². The van der Waals surface area contributed by atoms with Gasteiger partial charge in [0.25, 0.3) is 5.56 Å². The number of fused-ring (bicyclic) bond motifs is 6. The SMILES string of the molecule is CC(=O)N1CCN(Cc2nc3c4ccc(F)cc4c4c(=O)[nH]ccc4c3o2)CC1. The lowest BCUT2D eigenvalue weighted by Gasteiger charge is -2.33. The number of pyridine rings is 1. The number of piperazine rings is 1. The van der Waals surface area contributed by atoms with Gasteiger partial charge in [-0.15, -0.1) is 0 Å². The number of nitrogens with one attached hydrogen (secondary N) is 1. The van der Waals surface area contributed by atoms with E-state index in [1.54, 1.807) is 25.3 Å². The molecule has 0 aliphatic carbocycles. The Morgan fingerprint density at radius 2 is 1.97 bits per heavy atom. The molecule has 1 aliphatic rings. The second kappa shape index (κ2) is 6.66. The number of oxazole rings is 1. The lowest BCUT2D eigenvalue weighted by atomic mass is 10.0. The third kappa shape index (κ3) is 2.96. The predicted molar refractivity (Wildman–Crippen MR) is 107 cm³/mol. The van der Waals surface area contributed by atoms with Gasteiger partial charge in [-0.1, -0.05) is 0 Å². The van der Waals surface area contributed by atoms with Crippen molar-refractivity contribution in [2.24, 2.45) is 0 Å². The van der Waals surface area contributed by atoms with Crippen molar-refractivity contribution in [3.8, 4) is 0 Å². The van der Waals surface area contributed by atoms with Crippen LogP contribution in [0.1, 0.15) is 12.8 Å². The average Bonchev–Trinajstić information content (AvgIpc) is 3.12. The summed E-state index contributed by atoms with van der Waals surface area (Å²) >= 11 is 0. The third-order valence-electron chi connectivity index (χ3n) is 5.56. The Balaban J connectivity index is 1.61. The van der Waals surface area contributed by atoms with E-state index in [9.17, 15) is 14.0 Å². The van der Waals surface area contributed by atoms with Crippen LogP contribution in [0.5, 0.6) is 0 Å². The van der Waals surface area contributed by atoms with Crippen LogP contribution in [0, 0.1) is 5.82 Å². The van der Waals surface area contributed by atoms with Gasteiger partial charge in [0.1, 0.15) is 11.3 Å². The molecule has 3 heterocycles. The summed E-state index contributed by atoms with van der Waals surface area (Å²) < 4.78 is 20.0. The summed E-state index contributed by atoms with van der Waals surface area (Å²) in [6.45, 7) is 4.92. The lowest BCUT2D eigenvalue weighted by Crippen LogP contribution is -2.47. The fraction of sp³-hybridized carbons (Fsp3) is 0.286. The largest absolute Gasteiger partial charge is 0.439 e. The number of nitrogens with zero attached hydrogens (tertiary/aromatic N) is 3. The maximum atomic E-state index is 13.9. The van der Waals surface area contributed by atoms with Gasteiger partial charge >= 0.3 is 0 Å². The summed E-state index contributed by atoms with van der Waals surface area (Å²) in [7, 11) is 0. The average molecular weight is 394 g/mol. The van der Waals surface area contributed by atoms with E-state index in [-0.39, 0.29) is 11.5 Å². The summed E-state index contributed by atoms with van der Waals surface area (Å²) in [6.07, 6.45) is 1.55. The highest BCUT2D eigenvalue weighted by atomic mass is 19.1. The Labute approximate surface area is 164 Å². The Morgan fingerprint density at radius 1 is 1.17 bits per heavy atom. The van der Waals surface area contributed by atoms with Crippen LogP contribution in [-0.2, 0) is 11.3 Å². The Bertz CT molecular complexity index is 1320. The van der Waals surface area contributed by atoms with Gasteiger partial charge in [-0.05, 0) is 24.3 Å². The molecule has 4 aromatic rings. The highest BCUT2D eigenvalue weighted by molar-refractivity contribution is 6.22. The summed E-state index contributed by atoms with van der Waals surface area (Å²) in [5.74, 6) is 0.213. The second-order valence-electron chi connectivity index (χ2n) is 7.35.